The lowest BCUT2D eigenvalue weighted by Gasteiger charge is -2.08. The van der Waals surface area contributed by atoms with E-state index in [-0.39, 0.29) is 5.78 Å². The third-order valence-corrected chi connectivity index (χ3v) is 4.62. The van der Waals surface area contributed by atoms with Gasteiger partial charge in [0.05, 0.1) is 0 Å². The third kappa shape index (κ3) is 10.3. The molecule has 2 aromatic rings. The SMILES string of the molecule is CC.CC.CCC(C)C.O=C(CCC1=CCCC=C1)c1cccc2ccccc12. The van der Waals surface area contributed by atoms with Gasteiger partial charge >= 0.3 is 0 Å². The predicted octanol–water partition coefficient (Wildman–Crippen LogP) is 9.18. The second kappa shape index (κ2) is 16.8. The van der Waals surface area contributed by atoms with Gasteiger partial charge in [0.25, 0.3) is 0 Å². The highest BCUT2D eigenvalue weighted by atomic mass is 16.1. The quantitative estimate of drug-likeness (QED) is 0.462. The summed E-state index contributed by atoms with van der Waals surface area (Å²) in [5.74, 6) is 1.12. The first kappa shape index (κ1) is 26.9. The zero-order valence-corrected chi connectivity index (χ0v) is 19.8. The topological polar surface area (TPSA) is 17.1 Å². The molecule has 3 rings (SSSR count). The first-order chi connectivity index (χ1) is 14.1. The van der Waals surface area contributed by atoms with Gasteiger partial charge in [-0.1, -0.05) is 121 Å². The van der Waals surface area contributed by atoms with E-state index in [9.17, 15) is 4.79 Å². The maximum atomic E-state index is 12.4. The molecule has 0 unspecified atom stereocenters. The lowest BCUT2D eigenvalue weighted by Crippen LogP contribution is -2.01. The first-order valence-electron chi connectivity index (χ1n) is 11.5. The summed E-state index contributed by atoms with van der Waals surface area (Å²) < 4.78 is 0. The van der Waals surface area contributed by atoms with Crippen molar-refractivity contribution in [2.75, 3.05) is 0 Å². The molecule has 160 valence electrons. The fraction of sp³-hybridized carbons (Fsp3) is 0.464. The third-order valence-electron chi connectivity index (χ3n) is 4.62. The van der Waals surface area contributed by atoms with E-state index in [0.717, 1.165) is 41.5 Å². The number of hydrogen-bond donors (Lipinski definition) is 0. The standard InChI is InChI=1S/C19H18O.C5H12.2C2H6/c20-19(14-13-15-7-2-1-3-8-15)18-12-6-10-16-9-4-5-11-17(16)18;1-4-5(2)3;2*1-2/h2,4-12H,1,3,13-14H2;5H,4H2,1-3H3;2*1-2H3. The van der Waals surface area contributed by atoms with E-state index in [0.29, 0.717) is 6.42 Å². The summed E-state index contributed by atoms with van der Waals surface area (Å²) >= 11 is 0. The fourth-order valence-corrected chi connectivity index (χ4v) is 2.71. The van der Waals surface area contributed by atoms with Crippen molar-refractivity contribution in [1.29, 1.82) is 0 Å². The van der Waals surface area contributed by atoms with E-state index in [2.05, 4.69) is 51.1 Å². The van der Waals surface area contributed by atoms with E-state index in [1.165, 1.54) is 12.0 Å². The highest BCUT2D eigenvalue weighted by molar-refractivity contribution is 6.08. The van der Waals surface area contributed by atoms with Crippen LogP contribution in [-0.4, -0.2) is 5.78 Å². The van der Waals surface area contributed by atoms with E-state index in [1.54, 1.807) is 0 Å². The number of ketones is 1. The van der Waals surface area contributed by atoms with Crippen LogP contribution in [0.3, 0.4) is 0 Å². The zero-order chi connectivity index (χ0) is 22.1. The Morgan fingerprint density at radius 2 is 1.55 bits per heavy atom. The van der Waals surface area contributed by atoms with Crippen molar-refractivity contribution in [1.82, 2.24) is 0 Å². The molecule has 1 aliphatic rings. The summed E-state index contributed by atoms with van der Waals surface area (Å²) in [5.41, 5.74) is 2.15. The molecule has 0 bridgehead atoms. The molecule has 0 spiro atoms. The van der Waals surface area contributed by atoms with Gasteiger partial charge in [-0.3, -0.25) is 4.79 Å². The smallest absolute Gasteiger partial charge is 0.163 e. The molecular formula is C28H42O. The van der Waals surface area contributed by atoms with Crippen LogP contribution < -0.4 is 0 Å². The predicted molar refractivity (Wildman–Crippen MR) is 132 cm³/mol. The van der Waals surface area contributed by atoms with E-state index in [4.69, 9.17) is 0 Å². The summed E-state index contributed by atoms with van der Waals surface area (Å²) in [5, 5.41) is 2.20. The molecule has 0 N–H and O–H groups in total. The van der Waals surface area contributed by atoms with Crippen LogP contribution in [0.4, 0.5) is 0 Å². The number of carbonyl (C=O) groups is 1. The molecular weight excluding hydrogens is 352 g/mol. The average molecular weight is 395 g/mol. The summed E-state index contributed by atoms with van der Waals surface area (Å²) in [4.78, 5) is 12.4. The van der Waals surface area contributed by atoms with Crippen molar-refractivity contribution in [3.8, 4) is 0 Å². The van der Waals surface area contributed by atoms with Crippen LogP contribution in [0, 0.1) is 5.92 Å². The summed E-state index contributed by atoms with van der Waals surface area (Å²) in [6.07, 6.45) is 11.6. The van der Waals surface area contributed by atoms with E-state index < -0.39 is 0 Å². The molecule has 0 amide bonds. The number of rotatable bonds is 5. The van der Waals surface area contributed by atoms with Gasteiger partial charge in [-0.05, 0) is 36.0 Å². The number of fused-ring (bicyclic) bond motifs is 1. The summed E-state index contributed by atoms with van der Waals surface area (Å²) in [6, 6.07) is 14.0. The zero-order valence-electron chi connectivity index (χ0n) is 19.8. The summed E-state index contributed by atoms with van der Waals surface area (Å²) in [6.45, 7) is 14.6. The van der Waals surface area contributed by atoms with Gasteiger partial charge in [-0.2, -0.15) is 0 Å². The van der Waals surface area contributed by atoms with Crippen LogP contribution in [0.15, 0.2) is 66.3 Å². The van der Waals surface area contributed by atoms with Crippen molar-refractivity contribution in [3.63, 3.8) is 0 Å². The Morgan fingerprint density at radius 3 is 2.14 bits per heavy atom. The van der Waals surface area contributed by atoms with Crippen LogP contribution >= 0.6 is 0 Å². The molecule has 0 heterocycles. The monoisotopic (exact) mass is 394 g/mol. The molecule has 1 nitrogen and oxygen atoms in total. The van der Waals surface area contributed by atoms with Crippen LogP contribution in [-0.2, 0) is 0 Å². The minimum Gasteiger partial charge on any atom is -0.294 e. The van der Waals surface area contributed by atoms with Crippen molar-refractivity contribution in [3.05, 3.63) is 71.8 Å². The normalized spacial score (nSPS) is 11.9. The Morgan fingerprint density at radius 1 is 0.931 bits per heavy atom. The highest BCUT2D eigenvalue weighted by Crippen LogP contribution is 2.22. The molecule has 1 aliphatic carbocycles. The highest BCUT2D eigenvalue weighted by Gasteiger charge is 2.10. The lowest BCUT2D eigenvalue weighted by atomic mass is 9.96. The van der Waals surface area contributed by atoms with Crippen LogP contribution in [0.1, 0.15) is 90.9 Å². The molecule has 0 atom stereocenters. The number of benzene rings is 2. The Labute approximate surface area is 179 Å². The van der Waals surface area contributed by atoms with Gasteiger partial charge in [0, 0.05) is 12.0 Å². The largest absolute Gasteiger partial charge is 0.294 e. The van der Waals surface area contributed by atoms with E-state index >= 15 is 0 Å². The summed E-state index contributed by atoms with van der Waals surface area (Å²) in [7, 11) is 0. The van der Waals surface area contributed by atoms with Crippen LogP contribution in [0.5, 0.6) is 0 Å². The molecule has 0 saturated carbocycles. The fourth-order valence-electron chi connectivity index (χ4n) is 2.71. The van der Waals surface area contributed by atoms with Gasteiger partial charge in [-0.25, -0.2) is 0 Å². The minimum atomic E-state index is 0.238. The van der Waals surface area contributed by atoms with Crippen LogP contribution in [0.2, 0.25) is 0 Å². The van der Waals surface area contributed by atoms with Gasteiger partial charge in [0.2, 0.25) is 0 Å². The lowest BCUT2D eigenvalue weighted by molar-refractivity contribution is 0.0984. The Kier molecular flexibility index (Phi) is 15.5. The molecule has 0 aliphatic heterocycles. The molecule has 29 heavy (non-hydrogen) atoms. The number of carbonyl (C=O) groups excluding carboxylic acids is 1. The second-order valence-electron chi connectivity index (χ2n) is 7.01. The number of allylic oxidation sites excluding steroid dienone is 4. The minimum absolute atomic E-state index is 0.238. The van der Waals surface area contributed by atoms with Crippen LogP contribution in [0.25, 0.3) is 10.8 Å². The van der Waals surface area contributed by atoms with Crippen molar-refractivity contribution < 1.29 is 4.79 Å². The average Bonchev–Trinajstić information content (AvgIpc) is 2.80. The van der Waals surface area contributed by atoms with Crippen molar-refractivity contribution >= 4 is 16.6 Å². The molecule has 0 fully saturated rings. The van der Waals surface area contributed by atoms with Crippen molar-refractivity contribution in [2.45, 2.75) is 80.6 Å². The van der Waals surface area contributed by atoms with Gasteiger partial charge in [-0.15, -0.1) is 0 Å². The Hall–Kier alpha value is -2.15. The molecule has 1 heteroatoms. The van der Waals surface area contributed by atoms with Gasteiger partial charge < -0.3 is 0 Å². The van der Waals surface area contributed by atoms with Crippen molar-refractivity contribution in [2.24, 2.45) is 5.92 Å². The second-order valence-corrected chi connectivity index (χ2v) is 7.01. The molecule has 2 aromatic carbocycles. The Bertz CT molecular complexity index is 745. The first-order valence-corrected chi connectivity index (χ1v) is 11.5. The molecule has 0 aromatic heterocycles. The van der Waals surface area contributed by atoms with Gasteiger partial charge in [0.1, 0.15) is 0 Å². The number of hydrogen-bond acceptors (Lipinski definition) is 1. The number of Topliss-reactive ketones (excluding diaryl/α,β-unsaturated/α-hetero) is 1. The molecule has 0 radical (unpaired) electrons. The van der Waals surface area contributed by atoms with E-state index in [1.807, 2.05) is 58.0 Å². The van der Waals surface area contributed by atoms with Gasteiger partial charge in [0.15, 0.2) is 5.78 Å². The maximum absolute atomic E-state index is 12.4. The molecule has 0 saturated heterocycles. The Balaban J connectivity index is 0.000000752. The maximum Gasteiger partial charge on any atom is 0.163 e.